The third kappa shape index (κ3) is 4.98. The number of benzene rings is 2. The van der Waals surface area contributed by atoms with Crippen LogP contribution >= 0.6 is 0 Å². The normalized spacial score (nSPS) is 15.2. The molecule has 1 aliphatic rings. The van der Waals surface area contributed by atoms with Crippen LogP contribution in [0.3, 0.4) is 0 Å². The van der Waals surface area contributed by atoms with Crippen LogP contribution in [0.4, 0.5) is 10.1 Å². The van der Waals surface area contributed by atoms with Crippen LogP contribution in [0.25, 0.3) is 6.08 Å². The van der Waals surface area contributed by atoms with Crippen molar-refractivity contribution < 1.29 is 14.1 Å². The summed E-state index contributed by atoms with van der Waals surface area (Å²) in [4.78, 5) is 26.9. The van der Waals surface area contributed by atoms with Gasteiger partial charge in [-0.25, -0.2) is 4.39 Å². The summed E-state index contributed by atoms with van der Waals surface area (Å²) in [5.74, 6) is -0.408. The molecule has 0 N–H and O–H groups in total. The molecular weight excluding hydrogens is 349 g/mol. The molecule has 0 aromatic heterocycles. The number of rotatable bonds is 5. The molecule has 0 atom stereocenters. The maximum Gasteiger partial charge on any atom is 0.276 e. The van der Waals surface area contributed by atoms with E-state index >= 15 is 0 Å². The number of hydrogen-bond acceptors (Lipinski definition) is 4. The third-order valence-electron chi connectivity index (χ3n) is 4.54. The predicted octanol–water partition coefficient (Wildman–Crippen LogP) is 3.09. The minimum absolute atomic E-state index is 0.0225. The topological polar surface area (TPSA) is 66.7 Å². The molecule has 0 radical (unpaired) electrons. The summed E-state index contributed by atoms with van der Waals surface area (Å²) in [5.41, 5.74) is 1.42. The monoisotopic (exact) mass is 369 g/mol. The van der Waals surface area contributed by atoms with E-state index in [1.54, 1.807) is 35.2 Å². The highest BCUT2D eigenvalue weighted by molar-refractivity contribution is 5.92. The first-order chi connectivity index (χ1) is 13.0. The molecule has 1 aliphatic heterocycles. The van der Waals surface area contributed by atoms with Crippen molar-refractivity contribution >= 4 is 17.7 Å². The van der Waals surface area contributed by atoms with Crippen molar-refractivity contribution in [2.75, 3.05) is 26.2 Å². The summed E-state index contributed by atoms with van der Waals surface area (Å²) in [6.07, 6.45) is 2.88. The van der Waals surface area contributed by atoms with E-state index in [-0.39, 0.29) is 17.4 Å². The van der Waals surface area contributed by atoms with Crippen molar-refractivity contribution in [2.24, 2.45) is 0 Å². The Hall–Kier alpha value is -3.06. The Morgan fingerprint density at radius 1 is 1.07 bits per heavy atom. The van der Waals surface area contributed by atoms with E-state index in [1.807, 2.05) is 0 Å². The molecular formula is C20H20FN3O3. The molecule has 1 fully saturated rings. The number of amides is 1. The molecule has 1 heterocycles. The van der Waals surface area contributed by atoms with Crippen LogP contribution in [0.1, 0.15) is 11.1 Å². The number of nitrogens with zero attached hydrogens (tertiary/aromatic N) is 3. The van der Waals surface area contributed by atoms with Gasteiger partial charge in [0.1, 0.15) is 5.82 Å². The summed E-state index contributed by atoms with van der Waals surface area (Å²) < 4.78 is 13.0. The summed E-state index contributed by atoms with van der Waals surface area (Å²) in [6, 6.07) is 12.8. The minimum atomic E-state index is -0.460. The summed E-state index contributed by atoms with van der Waals surface area (Å²) >= 11 is 0. The molecule has 0 unspecified atom stereocenters. The Morgan fingerprint density at radius 2 is 1.74 bits per heavy atom. The van der Waals surface area contributed by atoms with Crippen LogP contribution in [0.5, 0.6) is 0 Å². The van der Waals surface area contributed by atoms with E-state index in [1.165, 1.54) is 30.4 Å². The smallest absolute Gasteiger partial charge is 0.276 e. The first-order valence-corrected chi connectivity index (χ1v) is 8.70. The predicted molar refractivity (Wildman–Crippen MR) is 100 cm³/mol. The van der Waals surface area contributed by atoms with Crippen molar-refractivity contribution in [1.82, 2.24) is 9.80 Å². The van der Waals surface area contributed by atoms with Crippen molar-refractivity contribution in [1.29, 1.82) is 0 Å². The zero-order valence-electron chi connectivity index (χ0n) is 14.8. The molecule has 0 bridgehead atoms. The Labute approximate surface area is 156 Å². The molecule has 2 aromatic rings. The van der Waals surface area contributed by atoms with Crippen LogP contribution < -0.4 is 0 Å². The second-order valence-electron chi connectivity index (χ2n) is 6.38. The number of carbonyl (C=O) groups is 1. The highest BCUT2D eigenvalue weighted by Gasteiger charge is 2.20. The summed E-state index contributed by atoms with van der Waals surface area (Å²) in [6.45, 7) is 3.34. The van der Waals surface area contributed by atoms with Gasteiger partial charge in [-0.15, -0.1) is 0 Å². The molecule has 0 spiro atoms. The largest absolute Gasteiger partial charge is 0.337 e. The number of nitro benzene ring substituents is 1. The lowest BCUT2D eigenvalue weighted by molar-refractivity contribution is -0.385. The van der Waals surface area contributed by atoms with E-state index in [2.05, 4.69) is 4.90 Å². The second-order valence-corrected chi connectivity index (χ2v) is 6.38. The van der Waals surface area contributed by atoms with Crippen molar-refractivity contribution in [3.63, 3.8) is 0 Å². The Kier molecular flexibility index (Phi) is 5.93. The summed E-state index contributed by atoms with van der Waals surface area (Å²) in [7, 11) is 0. The molecule has 7 heteroatoms. The van der Waals surface area contributed by atoms with Gasteiger partial charge in [0, 0.05) is 44.9 Å². The van der Waals surface area contributed by atoms with Crippen LogP contribution in [0.15, 0.2) is 54.6 Å². The fraction of sp³-hybridized carbons (Fsp3) is 0.250. The van der Waals surface area contributed by atoms with E-state index in [0.29, 0.717) is 25.2 Å². The van der Waals surface area contributed by atoms with E-state index in [9.17, 15) is 19.3 Å². The van der Waals surface area contributed by atoms with E-state index < -0.39 is 4.92 Å². The lowest BCUT2D eigenvalue weighted by Crippen LogP contribution is -2.47. The Bertz CT molecular complexity index is 844. The highest BCUT2D eigenvalue weighted by Crippen LogP contribution is 2.19. The van der Waals surface area contributed by atoms with E-state index in [4.69, 9.17) is 0 Å². The molecule has 3 rings (SSSR count). The lowest BCUT2D eigenvalue weighted by Gasteiger charge is -2.34. The van der Waals surface area contributed by atoms with Gasteiger partial charge in [-0.1, -0.05) is 24.3 Å². The first-order valence-electron chi connectivity index (χ1n) is 8.70. The molecule has 27 heavy (non-hydrogen) atoms. The van der Waals surface area contributed by atoms with Crippen LogP contribution in [-0.4, -0.2) is 46.8 Å². The standard InChI is InChI=1S/C20H20FN3O3/c21-18-8-5-16(6-9-18)15-22-11-13-23(14-12-22)20(25)10-7-17-3-1-2-4-19(17)24(26)27/h1-10H,11-15H2. The van der Waals surface area contributed by atoms with Gasteiger partial charge in [-0.05, 0) is 29.8 Å². The minimum Gasteiger partial charge on any atom is -0.337 e. The van der Waals surface area contributed by atoms with Crippen molar-refractivity contribution in [3.8, 4) is 0 Å². The van der Waals surface area contributed by atoms with Gasteiger partial charge in [-0.3, -0.25) is 19.8 Å². The molecule has 2 aromatic carbocycles. The van der Waals surface area contributed by atoms with Crippen molar-refractivity contribution in [2.45, 2.75) is 6.54 Å². The number of carbonyl (C=O) groups excluding carboxylic acids is 1. The second kappa shape index (κ2) is 8.55. The molecule has 1 amide bonds. The zero-order valence-corrected chi connectivity index (χ0v) is 14.8. The Balaban J connectivity index is 1.54. The molecule has 6 nitrogen and oxygen atoms in total. The first kappa shape index (κ1) is 18.7. The van der Waals surface area contributed by atoms with Crippen LogP contribution in [0.2, 0.25) is 0 Å². The molecule has 0 saturated carbocycles. The maximum atomic E-state index is 13.0. The van der Waals surface area contributed by atoms with Gasteiger partial charge in [-0.2, -0.15) is 0 Å². The number of halogens is 1. The van der Waals surface area contributed by atoms with Gasteiger partial charge >= 0.3 is 0 Å². The fourth-order valence-corrected chi connectivity index (χ4v) is 3.04. The van der Waals surface area contributed by atoms with Gasteiger partial charge in [0.05, 0.1) is 10.5 Å². The zero-order chi connectivity index (χ0) is 19.2. The fourth-order valence-electron chi connectivity index (χ4n) is 3.04. The average molecular weight is 369 g/mol. The number of hydrogen-bond donors (Lipinski definition) is 0. The van der Waals surface area contributed by atoms with Gasteiger partial charge < -0.3 is 4.90 Å². The van der Waals surface area contributed by atoms with Gasteiger partial charge in [0.2, 0.25) is 5.91 Å². The lowest BCUT2D eigenvalue weighted by atomic mass is 10.1. The molecule has 0 aliphatic carbocycles. The van der Waals surface area contributed by atoms with Gasteiger partial charge in [0.15, 0.2) is 0 Å². The Morgan fingerprint density at radius 3 is 2.41 bits per heavy atom. The van der Waals surface area contributed by atoms with Crippen LogP contribution in [0, 0.1) is 15.9 Å². The quantitative estimate of drug-likeness (QED) is 0.461. The maximum absolute atomic E-state index is 13.0. The highest BCUT2D eigenvalue weighted by atomic mass is 19.1. The van der Waals surface area contributed by atoms with Crippen molar-refractivity contribution in [3.05, 3.63) is 81.7 Å². The van der Waals surface area contributed by atoms with Crippen LogP contribution in [-0.2, 0) is 11.3 Å². The number of nitro groups is 1. The number of para-hydroxylation sites is 1. The average Bonchev–Trinajstić information content (AvgIpc) is 2.68. The summed E-state index contributed by atoms with van der Waals surface area (Å²) in [5, 5.41) is 11.0. The van der Waals surface area contributed by atoms with Gasteiger partial charge in [0.25, 0.3) is 5.69 Å². The molecule has 140 valence electrons. The molecule has 1 saturated heterocycles. The third-order valence-corrected chi connectivity index (χ3v) is 4.54. The SMILES string of the molecule is O=C(C=Cc1ccccc1[N+](=O)[O-])N1CCN(Cc2ccc(F)cc2)CC1. The van der Waals surface area contributed by atoms with E-state index in [0.717, 1.165) is 18.7 Å². The number of piperazine rings is 1.